The van der Waals surface area contributed by atoms with Crippen LogP contribution in [0.5, 0.6) is 0 Å². The van der Waals surface area contributed by atoms with Crippen LogP contribution in [-0.2, 0) is 0 Å². The highest BCUT2D eigenvalue weighted by Crippen LogP contribution is 2.27. The van der Waals surface area contributed by atoms with Crippen molar-refractivity contribution in [3.63, 3.8) is 0 Å². The van der Waals surface area contributed by atoms with Crippen molar-refractivity contribution in [2.24, 2.45) is 0 Å². The maximum absolute atomic E-state index is 11.7. The molecule has 0 saturated carbocycles. The third kappa shape index (κ3) is 2.11. The molecule has 0 saturated heterocycles. The van der Waals surface area contributed by atoms with Crippen LogP contribution in [0.25, 0.3) is 10.9 Å². The first-order chi connectivity index (χ1) is 7.91. The summed E-state index contributed by atoms with van der Waals surface area (Å²) >= 11 is 6.66. The van der Waals surface area contributed by atoms with E-state index in [2.05, 4.69) is 31.9 Å². The molecule has 0 amide bonds. The van der Waals surface area contributed by atoms with Crippen LogP contribution >= 0.6 is 31.9 Å². The van der Waals surface area contributed by atoms with Gasteiger partial charge in [-0.05, 0) is 41.9 Å². The van der Waals surface area contributed by atoms with E-state index in [0.29, 0.717) is 15.4 Å². The van der Waals surface area contributed by atoms with Gasteiger partial charge in [-0.25, -0.2) is 9.59 Å². The molecule has 6 heteroatoms. The van der Waals surface area contributed by atoms with Crippen LogP contribution in [-0.4, -0.2) is 4.57 Å². The van der Waals surface area contributed by atoms with Gasteiger partial charge in [0.25, 0.3) is 0 Å². The van der Waals surface area contributed by atoms with E-state index in [4.69, 9.17) is 4.42 Å². The fraction of sp³-hybridized carbons (Fsp3) is 0.273. The zero-order valence-corrected chi connectivity index (χ0v) is 12.3. The lowest BCUT2D eigenvalue weighted by Gasteiger charge is -2.13. The molecule has 17 heavy (non-hydrogen) atoms. The van der Waals surface area contributed by atoms with Gasteiger partial charge in [0.05, 0.1) is 10.9 Å². The summed E-state index contributed by atoms with van der Waals surface area (Å²) < 4.78 is 7.58. The van der Waals surface area contributed by atoms with E-state index in [-0.39, 0.29) is 6.04 Å². The second-order valence-electron chi connectivity index (χ2n) is 3.90. The van der Waals surface area contributed by atoms with Gasteiger partial charge in [0.1, 0.15) is 0 Å². The summed E-state index contributed by atoms with van der Waals surface area (Å²) in [7, 11) is 0. The molecule has 0 radical (unpaired) electrons. The minimum atomic E-state index is -0.638. The van der Waals surface area contributed by atoms with E-state index in [0.717, 1.165) is 4.47 Å². The maximum atomic E-state index is 11.7. The molecule has 0 bridgehead atoms. The SMILES string of the molecule is CC(C)n1c(=O)oc(=O)c2cc(Br)cc(Br)c21. The summed E-state index contributed by atoms with van der Waals surface area (Å²) in [5.41, 5.74) is -0.0617. The number of hydrogen-bond donors (Lipinski definition) is 0. The molecule has 0 aliphatic rings. The molecule has 4 nitrogen and oxygen atoms in total. The molecule has 1 heterocycles. The molecule has 1 aromatic heterocycles. The Balaban J connectivity index is 3.11. The number of rotatable bonds is 1. The van der Waals surface area contributed by atoms with E-state index in [1.54, 1.807) is 12.1 Å². The predicted molar refractivity (Wildman–Crippen MR) is 72.5 cm³/mol. The van der Waals surface area contributed by atoms with Crippen molar-refractivity contribution in [2.75, 3.05) is 0 Å². The lowest BCUT2D eigenvalue weighted by atomic mass is 10.2. The van der Waals surface area contributed by atoms with Crippen molar-refractivity contribution in [3.8, 4) is 0 Å². The Kier molecular flexibility index (Phi) is 3.27. The molecular weight excluding hydrogens is 354 g/mol. The Hall–Kier alpha value is -0.880. The minimum absolute atomic E-state index is 0.0909. The molecule has 0 fully saturated rings. The summed E-state index contributed by atoms with van der Waals surface area (Å²) in [5.74, 6) is -0.638. The number of aromatic nitrogens is 1. The monoisotopic (exact) mass is 361 g/mol. The second-order valence-corrected chi connectivity index (χ2v) is 5.67. The predicted octanol–water partition coefficient (Wildman–Crippen LogP) is 3.06. The normalized spacial score (nSPS) is 11.4. The Bertz CT molecular complexity index is 700. The smallest absolute Gasteiger partial charge is 0.372 e. The zero-order chi connectivity index (χ0) is 12.7. The maximum Gasteiger partial charge on any atom is 0.422 e. The Morgan fingerprint density at radius 3 is 2.47 bits per heavy atom. The summed E-state index contributed by atoms with van der Waals surface area (Å²) in [6, 6.07) is 3.34. The summed E-state index contributed by atoms with van der Waals surface area (Å²) in [6.07, 6.45) is 0. The van der Waals surface area contributed by atoms with Gasteiger partial charge in [-0.15, -0.1) is 0 Å². The van der Waals surface area contributed by atoms with Gasteiger partial charge >= 0.3 is 11.4 Å². The highest BCUT2D eigenvalue weighted by atomic mass is 79.9. The molecule has 90 valence electrons. The van der Waals surface area contributed by atoms with Crippen LogP contribution in [0, 0.1) is 0 Å². The Labute approximate surface area is 114 Å². The van der Waals surface area contributed by atoms with Crippen LogP contribution in [0.2, 0.25) is 0 Å². The Morgan fingerprint density at radius 2 is 1.88 bits per heavy atom. The number of nitrogens with zero attached hydrogens (tertiary/aromatic N) is 1. The molecule has 2 aromatic rings. The third-order valence-electron chi connectivity index (χ3n) is 2.38. The van der Waals surface area contributed by atoms with Crippen molar-refractivity contribution >= 4 is 42.8 Å². The number of benzene rings is 1. The molecule has 0 N–H and O–H groups in total. The molecule has 2 rings (SSSR count). The molecule has 0 unspecified atom stereocenters. The number of fused-ring (bicyclic) bond motifs is 1. The van der Waals surface area contributed by atoms with Gasteiger partial charge in [0.2, 0.25) is 0 Å². The van der Waals surface area contributed by atoms with Crippen LogP contribution in [0.4, 0.5) is 0 Å². The van der Waals surface area contributed by atoms with Crippen LogP contribution in [0.1, 0.15) is 19.9 Å². The summed E-state index contributed by atoms with van der Waals surface area (Å²) in [5, 5.41) is 0.375. The molecule has 1 aromatic carbocycles. The van der Waals surface area contributed by atoms with E-state index < -0.39 is 11.4 Å². The van der Waals surface area contributed by atoms with E-state index in [1.807, 2.05) is 13.8 Å². The van der Waals surface area contributed by atoms with Crippen molar-refractivity contribution < 1.29 is 4.42 Å². The quantitative estimate of drug-likeness (QED) is 0.783. The molecular formula is C11H9Br2NO3. The fourth-order valence-electron chi connectivity index (χ4n) is 1.71. The van der Waals surface area contributed by atoms with Crippen molar-refractivity contribution in [1.29, 1.82) is 0 Å². The first-order valence-corrected chi connectivity index (χ1v) is 6.55. The number of halogens is 2. The topological polar surface area (TPSA) is 52.2 Å². The van der Waals surface area contributed by atoms with Gasteiger partial charge in [-0.2, -0.15) is 0 Å². The van der Waals surface area contributed by atoms with Crippen molar-refractivity contribution in [3.05, 3.63) is 42.0 Å². The first-order valence-electron chi connectivity index (χ1n) is 4.96. The second kappa shape index (κ2) is 4.42. The lowest BCUT2D eigenvalue weighted by Crippen LogP contribution is -2.26. The average molecular weight is 363 g/mol. The van der Waals surface area contributed by atoms with Gasteiger partial charge in [-0.1, -0.05) is 15.9 Å². The largest absolute Gasteiger partial charge is 0.422 e. The Morgan fingerprint density at radius 1 is 1.24 bits per heavy atom. The average Bonchev–Trinajstić information content (AvgIpc) is 2.19. The summed E-state index contributed by atoms with van der Waals surface area (Å²) in [6.45, 7) is 3.71. The molecule has 0 spiro atoms. The first kappa shape index (κ1) is 12.6. The van der Waals surface area contributed by atoms with E-state index in [9.17, 15) is 9.59 Å². The van der Waals surface area contributed by atoms with Gasteiger partial charge in [0.15, 0.2) is 0 Å². The van der Waals surface area contributed by atoms with Gasteiger partial charge in [0, 0.05) is 15.0 Å². The van der Waals surface area contributed by atoms with Crippen LogP contribution in [0.3, 0.4) is 0 Å². The van der Waals surface area contributed by atoms with E-state index in [1.165, 1.54) is 4.57 Å². The highest BCUT2D eigenvalue weighted by molar-refractivity contribution is 9.11. The molecule has 0 atom stereocenters. The molecule has 0 aliphatic carbocycles. The van der Waals surface area contributed by atoms with Gasteiger partial charge in [-0.3, -0.25) is 4.57 Å². The highest BCUT2D eigenvalue weighted by Gasteiger charge is 2.15. The molecule has 0 aliphatic heterocycles. The van der Waals surface area contributed by atoms with Gasteiger partial charge < -0.3 is 4.42 Å². The standard InChI is InChI=1S/C11H9Br2NO3/c1-5(2)14-9-7(10(15)17-11(14)16)3-6(12)4-8(9)13/h3-5H,1-2H3. The van der Waals surface area contributed by atoms with E-state index >= 15 is 0 Å². The van der Waals surface area contributed by atoms with Crippen LogP contribution < -0.4 is 11.4 Å². The number of hydrogen-bond acceptors (Lipinski definition) is 3. The minimum Gasteiger partial charge on any atom is -0.372 e. The van der Waals surface area contributed by atoms with Crippen LogP contribution in [0.15, 0.2) is 35.1 Å². The summed E-state index contributed by atoms with van der Waals surface area (Å²) in [4.78, 5) is 23.4. The lowest BCUT2D eigenvalue weighted by molar-refractivity contribution is 0.398. The zero-order valence-electron chi connectivity index (χ0n) is 9.16. The fourth-order valence-corrected chi connectivity index (χ4v) is 3.13. The third-order valence-corrected chi connectivity index (χ3v) is 3.44. The van der Waals surface area contributed by atoms with Crippen molar-refractivity contribution in [2.45, 2.75) is 19.9 Å². The van der Waals surface area contributed by atoms with Crippen molar-refractivity contribution in [1.82, 2.24) is 4.57 Å².